The summed E-state index contributed by atoms with van der Waals surface area (Å²) in [6, 6.07) is 10.2. The highest BCUT2D eigenvalue weighted by Gasteiger charge is 2.52. The monoisotopic (exact) mass is 299 g/mol. The molecule has 1 aromatic carbocycles. The fraction of sp³-hybridized carbons (Fsp3) is 0.353. The van der Waals surface area contributed by atoms with Crippen LogP contribution in [0.15, 0.2) is 42.6 Å². The highest BCUT2D eigenvalue weighted by Crippen LogP contribution is 2.36. The predicted molar refractivity (Wildman–Crippen MR) is 85.3 cm³/mol. The molecule has 1 aliphatic heterocycles. The van der Waals surface area contributed by atoms with Crippen molar-refractivity contribution in [3.63, 3.8) is 0 Å². The summed E-state index contributed by atoms with van der Waals surface area (Å²) in [5, 5.41) is 0. The average Bonchev–Trinajstić information content (AvgIpc) is 2.68. The fourth-order valence-corrected chi connectivity index (χ4v) is 2.36. The van der Waals surface area contributed by atoms with E-state index in [4.69, 9.17) is 9.31 Å². The number of pyridine rings is 1. The van der Waals surface area contributed by atoms with Gasteiger partial charge in [0.25, 0.3) is 0 Å². The second-order valence-electron chi connectivity index (χ2n) is 6.56. The lowest BCUT2D eigenvalue weighted by molar-refractivity contribution is 0.00578. The molecule has 1 fully saturated rings. The molecule has 0 spiro atoms. The summed E-state index contributed by atoms with van der Waals surface area (Å²) in [5.41, 5.74) is 1.82. The van der Waals surface area contributed by atoms with Crippen molar-refractivity contribution in [1.29, 1.82) is 0 Å². The van der Waals surface area contributed by atoms with Crippen LogP contribution in [-0.2, 0) is 9.31 Å². The van der Waals surface area contributed by atoms with Crippen LogP contribution in [0.25, 0.3) is 11.1 Å². The van der Waals surface area contributed by atoms with E-state index in [1.165, 1.54) is 12.1 Å². The van der Waals surface area contributed by atoms with Gasteiger partial charge in [0, 0.05) is 6.20 Å². The molecule has 5 heteroatoms. The third-order valence-electron chi connectivity index (χ3n) is 4.45. The van der Waals surface area contributed by atoms with E-state index in [0.29, 0.717) is 0 Å². The molecular formula is C17H19BFNO2. The maximum absolute atomic E-state index is 13.0. The van der Waals surface area contributed by atoms with E-state index >= 15 is 0 Å². The fourth-order valence-electron chi connectivity index (χ4n) is 2.36. The molecule has 2 heterocycles. The Morgan fingerprint density at radius 2 is 1.50 bits per heavy atom. The smallest absolute Gasteiger partial charge is 0.398 e. The molecule has 0 atom stereocenters. The first-order valence-corrected chi connectivity index (χ1v) is 7.36. The van der Waals surface area contributed by atoms with Gasteiger partial charge in [-0.2, -0.15) is 0 Å². The van der Waals surface area contributed by atoms with Crippen LogP contribution >= 0.6 is 0 Å². The summed E-state index contributed by atoms with van der Waals surface area (Å²) in [6.07, 6.45) is 1.72. The number of halogens is 1. The zero-order valence-electron chi connectivity index (χ0n) is 13.3. The Kier molecular flexibility index (Phi) is 3.58. The number of hydrogen-bond acceptors (Lipinski definition) is 3. The van der Waals surface area contributed by atoms with Crippen LogP contribution in [0.1, 0.15) is 27.7 Å². The molecule has 3 rings (SSSR count). The number of benzene rings is 1. The number of aromatic nitrogens is 1. The average molecular weight is 299 g/mol. The van der Waals surface area contributed by atoms with E-state index in [0.717, 1.165) is 16.7 Å². The maximum atomic E-state index is 13.0. The molecule has 0 bridgehead atoms. The van der Waals surface area contributed by atoms with Crippen molar-refractivity contribution in [2.24, 2.45) is 0 Å². The van der Waals surface area contributed by atoms with Crippen LogP contribution in [0.2, 0.25) is 0 Å². The lowest BCUT2D eigenvalue weighted by Crippen LogP contribution is -2.41. The zero-order chi connectivity index (χ0) is 16.0. The zero-order valence-corrected chi connectivity index (χ0v) is 13.3. The minimum absolute atomic E-state index is 0.246. The first-order chi connectivity index (χ1) is 10.3. The molecule has 3 nitrogen and oxygen atoms in total. The quantitative estimate of drug-likeness (QED) is 0.798. The SMILES string of the molecule is CC1(C)OB(c2cc(-c3ccc(F)cc3)ccn2)OC1(C)C. The summed E-state index contributed by atoms with van der Waals surface area (Å²) in [6.45, 7) is 8.04. The lowest BCUT2D eigenvalue weighted by Gasteiger charge is -2.32. The Balaban J connectivity index is 1.91. The van der Waals surface area contributed by atoms with Crippen molar-refractivity contribution in [1.82, 2.24) is 4.98 Å². The molecular weight excluding hydrogens is 280 g/mol. The largest absolute Gasteiger partial charge is 0.514 e. The molecule has 0 saturated carbocycles. The summed E-state index contributed by atoms with van der Waals surface area (Å²) in [4.78, 5) is 4.37. The molecule has 0 amide bonds. The minimum Gasteiger partial charge on any atom is -0.398 e. The Bertz CT molecular complexity index is 669. The maximum Gasteiger partial charge on any atom is 0.514 e. The molecule has 0 N–H and O–H groups in total. The van der Waals surface area contributed by atoms with E-state index in [1.807, 2.05) is 39.8 Å². The highest BCUT2D eigenvalue weighted by molar-refractivity contribution is 6.61. The topological polar surface area (TPSA) is 31.4 Å². The minimum atomic E-state index is -0.495. The van der Waals surface area contributed by atoms with Crippen LogP contribution in [0, 0.1) is 5.82 Å². The van der Waals surface area contributed by atoms with Crippen LogP contribution in [-0.4, -0.2) is 23.3 Å². The first-order valence-electron chi connectivity index (χ1n) is 7.36. The van der Waals surface area contributed by atoms with Crippen molar-refractivity contribution < 1.29 is 13.7 Å². The summed E-state index contributed by atoms with van der Waals surface area (Å²) >= 11 is 0. The van der Waals surface area contributed by atoms with E-state index in [-0.39, 0.29) is 5.82 Å². The van der Waals surface area contributed by atoms with E-state index < -0.39 is 18.3 Å². The third-order valence-corrected chi connectivity index (χ3v) is 4.45. The van der Waals surface area contributed by atoms with Gasteiger partial charge in [-0.25, -0.2) is 4.39 Å². The van der Waals surface area contributed by atoms with Gasteiger partial charge < -0.3 is 9.31 Å². The molecule has 1 saturated heterocycles. The van der Waals surface area contributed by atoms with Gasteiger partial charge in [0.1, 0.15) is 5.82 Å². The van der Waals surface area contributed by atoms with Gasteiger partial charge in [-0.3, -0.25) is 4.98 Å². The van der Waals surface area contributed by atoms with Crippen LogP contribution < -0.4 is 5.59 Å². The lowest BCUT2D eigenvalue weighted by atomic mass is 9.83. The van der Waals surface area contributed by atoms with Crippen molar-refractivity contribution >= 4 is 12.7 Å². The Morgan fingerprint density at radius 1 is 0.909 bits per heavy atom. The molecule has 114 valence electrons. The van der Waals surface area contributed by atoms with Crippen LogP contribution in [0.4, 0.5) is 4.39 Å². The molecule has 22 heavy (non-hydrogen) atoms. The summed E-state index contributed by atoms with van der Waals surface area (Å²) in [5.74, 6) is -0.246. The van der Waals surface area contributed by atoms with Crippen molar-refractivity contribution in [3.05, 3.63) is 48.4 Å². The molecule has 0 radical (unpaired) electrons. The van der Waals surface area contributed by atoms with Crippen molar-refractivity contribution in [3.8, 4) is 11.1 Å². The molecule has 2 aromatic rings. The van der Waals surface area contributed by atoms with Gasteiger partial charge in [-0.15, -0.1) is 0 Å². The van der Waals surface area contributed by atoms with Crippen molar-refractivity contribution in [2.45, 2.75) is 38.9 Å². The third kappa shape index (κ3) is 2.66. The van der Waals surface area contributed by atoms with Gasteiger partial charge >= 0.3 is 7.12 Å². The molecule has 0 unspecified atom stereocenters. The molecule has 0 aliphatic carbocycles. The van der Waals surface area contributed by atoms with E-state index in [1.54, 1.807) is 18.3 Å². The van der Waals surface area contributed by atoms with E-state index in [9.17, 15) is 4.39 Å². The number of rotatable bonds is 2. The van der Waals surface area contributed by atoms with Gasteiger partial charge in [-0.05, 0) is 63.1 Å². The van der Waals surface area contributed by atoms with Gasteiger partial charge in [-0.1, -0.05) is 12.1 Å². The van der Waals surface area contributed by atoms with Crippen LogP contribution in [0.5, 0.6) is 0 Å². The molecule has 1 aromatic heterocycles. The van der Waals surface area contributed by atoms with Gasteiger partial charge in [0.2, 0.25) is 0 Å². The Labute approximate surface area is 130 Å². The van der Waals surface area contributed by atoms with Gasteiger partial charge in [0.05, 0.1) is 16.8 Å². The standard InChI is InChI=1S/C17H19BFNO2/c1-16(2)17(3,4)22-18(21-16)15-11-13(9-10-20-15)12-5-7-14(19)8-6-12/h5-11H,1-4H3. The number of nitrogens with zero attached hydrogens (tertiary/aromatic N) is 1. The van der Waals surface area contributed by atoms with Gasteiger partial charge in [0.15, 0.2) is 0 Å². The second kappa shape index (κ2) is 5.18. The first kappa shape index (κ1) is 15.2. The molecule has 1 aliphatic rings. The number of hydrogen-bond donors (Lipinski definition) is 0. The Hall–Kier alpha value is -1.72. The summed E-state index contributed by atoms with van der Waals surface area (Å²) in [7, 11) is -0.495. The second-order valence-corrected chi connectivity index (χ2v) is 6.56. The van der Waals surface area contributed by atoms with Crippen molar-refractivity contribution in [2.75, 3.05) is 0 Å². The Morgan fingerprint density at radius 3 is 2.09 bits per heavy atom. The van der Waals surface area contributed by atoms with E-state index in [2.05, 4.69) is 4.98 Å². The van der Waals surface area contributed by atoms with Crippen LogP contribution in [0.3, 0.4) is 0 Å². The normalized spacial score (nSPS) is 19.4. The highest BCUT2D eigenvalue weighted by atomic mass is 19.1. The predicted octanol–water partition coefficient (Wildman–Crippen LogP) is 3.19. The summed E-state index contributed by atoms with van der Waals surface area (Å²) < 4.78 is 25.1.